The SMILES string of the molecule is COCN(c1cc(I)cnc1C(=O)c1ccnc(C)c1)S(=O)(=O)c1ccc(Cl)c(C(F)(F)F)c1. The summed E-state index contributed by atoms with van der Waals surface area (Å²) in [6, 6.07) is 6.57. The van der Waals surface area contributed by atoms with Gasteiger partial charge in [-0.1, -0.05) is 11.6 Å². The van der Waals surface area contributed by atoms with Crippen LogP contribution in [0.25, 0.3) is 0 Å². The maximum atomic E-state index is 13.5. The lowest BCUT2D eigenvalue weighted by atomic mass is 10.1. The molecule has 3 rings (SSSR count). The number of carbonyl (C=O) groups excluding carboxylic acids is 1. The molecule has 0 saturated carbocycles. The highest BCUT2D eigenvalue weighted by molar-refractivity contribution is 14.1. The molecule has 180 valence electrons. The van der Waals surface area contributed by atoms with Gasteiger partial charge < -0.3 is 4.74 Å². The zero-order chi connectivity index (χ0) is 25.3. The molecule has 0 aliphatic carbocycles. The van der Waals surface area contributed by atoms with E-state index >= 15 is 0 Å². The number of hydrogen-bond acceptors (Lipinski definition) is 6. The highest BCUT2D eigenvalue weighted by atomic mass is 127. The number of aromatic nitrogens is 2. The Balaban J connectivity index is 2.20. The average Bonchev–Trinajstić information content (AvgIpc) is 2.76. The molecule has 7 nitrogen and oxygen atoms in total. The minimum Gasteiger partial charge on any atom is -0.363 e. The van der Waals surface area contributed by atoms with E-state index < -0.39 is 44.2 Å². The summed E-state index contributed by atoms with van der Waals surface area (Å²) in [6.45, 7) is 1.09. The lowest BCUT2D eigenvalue weighted by Crippen LogP contribution is -2.34. The number of hydrogen-bond donors (Lipinski definition) is 0. The predicted octanol–water partition coefficient (Wildman–Crippen LogP) is 5.09. The highest BCUT2D eigenvalue weighted by Crippen LogP contribution is 2.37. The number of pyridine rings is 2. The van der Waals surface area contributed by atoms with Crippen LogP contribution in [0.5, 0.6) is 0 Å². The molecule has 3 aromatic rings. The van der Waals surface area contributed by atoms with E-state index in [9.17, 15) is 26.4 Å². The lowest BCUT2D eigenvalue weighted by molar-refractivity contribution is -0.137. The van der Waals surface area contributed by atoms with Gasteiger partial charge >= 0.3 is 6.18 Å². The molecule has 2 aromatic heterocycles. The van der Waals surface area contributed by atoms with E-state index in [2.05, 4.69) is 9.97 Å². The molecule has 0 amide bonds. The Bertz CT molecular complexity index is 1350. The van der Waals surface area contributed by atoms with Crippen LogP contribution in [0.15, 0.2) is 53.7 Å². The number of methoxy groups -OCH3 is 1. The van der Waals surface area contributed by atoms with Gasteiger partial charge in [-0.2, -0.15) is 13.2 Å². The summed E-state index contributed by atoms with van der Waals surface area (Å²) in [5.41, 5.74) is -0.923. The van der Waals surface area contributed by atoms with Crippen molar-refractivity contribution >= 4 is 55.7 Å². The minimum atomic E-state index is -4.88. The number of ketones is 1. The Kier molecular flexibility index (Phi) is 7.85. The van der Waals surface area contributed by atoms with Crippen LogP contribution in [0.2, 0.25) is 5.02 Å². The van der Waals surface area contributed by atoms with Gasteiger partial charge in [0.25, 0.3) is 10.0 Å². The number of nitrogens with zero attached hydrogens (tertiary/aromatic N) is 3. The number of aryl methyl sites for hydroxylation is 1. The number of alkyl halides is 3. The maximum absolute atomic E-state index is 13.5. The smallest absolute Gasteiger partial charge is 0.363 e. The first-order valence-corrected chi connectivity index (χ1v) is 12.3. The summed E-state index contributed by atoms with van der Waals surface area (Å²) in [7, 11) is -3.43. The molecule has 0 radical (unpaired) electrons. The first-order chi connectivity index (χ1) is 15.9. The molecule has 0 aliphatic heterocycles. The van der Waals surface area contributed by atoms with Crippen molar-refractivity contribution in [3.8, 4) is 0 Å². The molecular weight excluding hydrogens is 610 g/mol. The lowest BCUT2D eigenvalue weighted by Gasteiger charge is -2.25. The maximum Gasteiger partial charge on any atom is 0.417 e. The second-order valence-electron chi connectivity index (χ2n) is 6.95. The fourth-order valence-electron chi connectivity index (χ4n) is 3.01. The molecule has 0 aliphatic rings. The van der Waals surface area contributed by atoms with Gasteiger partial charge in [-0.25, -0.2) is 17.7 Å². The van der Waals surface area contributed by atoms with Crippen molar-refractivity contribution in [2.24, 2.45) is 0 Å². The number of carbonyl (C=O) groups is 1. The van der Waals surface area contributed by atoms with Crippen molar-refractivity contribution in [3.05, 3.63) is 79.9 Å². The molecule has 0 fully saturated rings. The number of sulfonamides is 1. The van der Waals surface area contributed by atoms with Crippen LogP contribution in [0.4, 0.5) is 18.9 Å². The minimum absolute atomic E-state index is 0.156. The number of benzene rings is 1. The summed E-state index contributed by atoms with van der Waals surface area (Å²) in [5, 5.41) is -0.649. The Morgan fingerprint density at radius 2 is 1.88 bits per heavy atom. The molecule has 0 N–H and O–H groups in total. The topological polar surface area (TPSA) is 89.5 Å². The van der Waals surface area contributed by atoms with Crippen LogP contribution in [0, 0.1) is 10.5 Å². The van der Waals surface area contributed by atoms with E-state index in [1.165, 1.54) is 37.7 Å². The summed E-state index contributed by atoms with van der Waals surface area (Å²) < 4.78 is 73.2. The van der Waals surface area contributed by atoms with Gasteiger partial charge in [0.2, 0.25) is 5.78 Å². The van der Waals surface area contributed by atoms with Crippen LogP contribution < -0.4 is 4.31 Å². The number of rotatable bonds is 7. The normalized spacial score (nSPS) is 12.0. The second kappa shape index (κ2) is 10.1. The molecule has 1 aromatic carbocycles. The van der Waals surface area contributed by atoms with Crippen LogP contribution in [0.1, 0.15) is 27.3 Å². The fraction of sp³-hybridized carbons (Fsp3) is 0.190. The Morgan fingerprint density at radius 3 is 2.50 bits per heavy atom. The molecule has 34 heavy (non-hydrogen) atoms. The van der Waals surface area contributed by atoms with Crippen LogP contribution in [-0.2, 0) is 20.9 Å². The molecule has 0 saturated heterocycles. The van der Waals surface area contributed by atoms with E-state index in [1.807, 2.05) is 22.6 Å². The summed E-state index contributed by atoms with van der Waals surface area (Å²) in [5.74, 6) is -0.597. The van der Waals surface area contributed by atoms with Gasteiger partial charge in [0.15, 0.2) is 0 Å². The number of ether oxygens (including phenoxy) is 1. The molecule has 13 heteroatoms. The Labute approximate surface area is 212 Å². The monoisotopic (exact) mass is 625 g/mol. The third-order valence-corrected chi connectivity index (χ3v) is 7.21. The molecule has 0 bridgehead atoms. The third kappa shape index (κ3) is 5.50. The second-order valence-corrected chi connectivity index (χ2v) is 10.5. The highest BCUT2D eigenvalue weighted by Gasteiger charge is 2.36. The zero-order valence-electron chi connectivity index (χ0n) is 17.6. The molecule has 2 heterocycles. The Hall–Kier alpha value is -2.29. The van der Waals surface area contributed by atoms with E-state index in [0.717, 1.165) is 12.1 Å². The fourth-order valence-corrected chi connectivity index (χ4v) is 5.07. The van der Waals surface area contributed by atoms with Crippen molar-refractivity contribution in [1.82, 2.24) is 9.97 Å². The predicted molar refractivity (Wildman–Crippen MR) is 127 cm³/mol. The van der Waals surface area contributed by atoms with E-state index in [1.54, 1.807) is 6.92 Å². The van der Waals surface area contributed by atoms with E-state index in [4.69, 9.17) is 16.3 Å². The van der Waals surface area contributed by atoms with Crippen molar-refractivity contribution in [1.29, 1.82) is 0 Å². The molecule has 0 spiro atoms. The number of anilines is 1. The van der Waals surface area contributed by atoms with Gasteiger partial charge in [0, 0.05) is 34.3 Å². The molecule has 0 atom stereocenters. The largest absolute Gasteiger partial charge is 0.417 e. The van der Waals surface area contributed by atoms with Gasteiger partial charge in [-0.15, -0.1) is 0 Å². The summed E-state index contributed by atoms with van der Waals surface area (Å²) >= 11 is 7.52. The van der Waals surface area contributed by atoms with Gasteiger partial charge in [0.1, 0.15) is 12.4 Å². The van der Waals surface area contributed by atoms with Crippen LogP contribution in [0.3, 0.4) is 0 Å². The van der Waals surface area contributed by atoms with Crippen molar-refractivity contribution in [3.63, 3.8) is 0 Å². The van der Waals surface area contributed by atoms with E-state index in [-0.39, 0.29) is 16.9 Å². The Morgan fingerprint density at radius 1 is 1.18 bits per heavy atom. The van der Waals surface area contributed by atoms with Gasteiger partial charge in [-0.3, -0.25) is 9.78 Å². The first-order valence-electron chi connectivity index (χ1n) is 9.37. The first kappa shape index (κ1) is 26.3. The quantitative estimate of drug-likeness (QED) is 0.207. The summed E-state index contributed by atoms with van der Waals surface area (Å²) in [6.07, 6.45) is -2.09. The standard InChI is InChI=1S/C21H16ClF3IN3O4S/c1-12-7-13(5-6-27-12)20(30)19-18(8-14(26)10-28-19)29(11-33-2)34(31,32)15-3-4-17(22)16(9-15)21(23,24)25/h3-10H,11H2,1-2H3. The molecule has 0 unspecified atom stereocenters. The van der Waals surface area contributed by atoms with Gasteiger partial charge in [-0.05, 0) is 65.9 Å². The average molecular weight is 626 g/mol. The molecular formula is C21H16ClF3IN3O4S. The van der Waals surface area contributed by atoms with Crippen molar-refractivity contribution in [2.75, 3.05) is 18.1 Å². The van der Waals surface area contributed by atoms with Crippen molar-refractivity contribution in [2.45, 2.75) is 18.0 Å². The summed E-state index contributed by atoms with van der Waals surface area (Å²) in [4.78, 5) is 20.7. The zero-order valence-corrected chi connectivity index (χ0v) is 21.3. The van der Waals surface area contributed by atoms with Crippen LogP contribution >= 0.6 is 34.2 Å². The third-order valence-electron chi connectivity index (χ3n) is 4.55. The van der Waals surface area contributed by atoms with Crippen molar-refractivity contribution < 1.29 is 31.1 Å². The van der Waals surface area contributed by atoms with Gasteiger partial charge in [0.05, 0.1) is 21.2 Å². The van der Waals surface area contributed by atoms with E-state index in [0.29, 0.717) is 19.6 Å². The number of halogens is 5. The van der Waals surface area contributed by atoms with Crippen LogP contribution in [-0.4, -0.2) is 38.0 Å².